The van der Waals surface area contributed by atoms with Gasteiger partial charge in [-0.15, -0.1) is 0 Å². The molecular weight excluding hydrogens is 249 g/mol. The molecule has 1 atom stereocenters. The van der Waals surface area contributed by atoms with Crippen molar-refractivity contribution in [2.45, 2.75) is 19.5 Å². The van der Waals surface area contributed by atoms with Gasteiger partial charge in [0.15, 0.2) is 5.92 Å². The van der Waals surface area contributed by atoms with Crippen LogP contribution in [0.1, 0.15) is 13.3 Å². The molecule has 0 bridgehead atoms. The Morgan fingerprint density at radius 3 is 1.65 bits per heavy atom. The third kappa shape index (κ3) is 8.05. The molecule has 0 aliphatic rings. The molecule has 1 unspecified atom stereocenters. The van der Waals surface area contributed by atoms with Crippen LogP contribution in [-0.2, 0) is 19.1 Å². The number of rotatable bonds is 3. The van der Waals surface area contributed by atoms with Crippen molar-refractivity contribution in [3.63, 3.8) is 0 Å². The molecule has 0 saturated heterocycles. The van der Waals surface area contributed by atoms with Gasteiger partial charge in [0.2, 0.25) is 0 Å². The second-order valence-corrected chi connectivity index (χ2v) is 2.63. The molecule has 0 spiro atoms. The van der Waals surface area contributed by atoms with Gasteiger partial charge in [0.25, 0.3) is 0 Å². The zero-order chi connectivity index (χ0) is 14.2. The maximum atomic E-state index is 10.6. The maximum absolute atomic E-state index is 10.6. The number of alkyl halides is 3. The van der Waals surface area contributed by atoms with Crippen LogP contribution in [0.2, 0.25) is 0 Å². The number of ether oxygens (including phenoxy) is 1. The largest absolute Gasteiger partial charge is 0.490 e. The standard InChI is InChI=1S/C6H10O4.C2HF3O2/c1-3-4(5(7)8)6(9)10-2;3-2(4,5)1(6)7/h4H,3H2,1-2H3,(H,7,8);(H,6,7). The Labute approximate surface area is 94.0 Å². The lowest BCUT2D eigenvalue weighted by Gasteiger charge is -2.04. The quantitative estimate of drug-likeness (QED) is 0.577. The molecule has 0 heterocycles. The van der Waals surface area contributed by atoms with Crippen LogP contribution in [0.5, 0.6) is 0 Å². The van der Waals surface area contributed by atoms with Gasteiger partial charge in [-0.1, -0.05) is 6.92 Å². The second-order valence-electron chi connectivity index (χ2n) is 2.63. The fourth-order valence-corrected chi connectivity index (χ4v) is 0.584. The molecule has 0 rings (SSSR count). The number of hydrogen-bond acceptors (Lipinski definition) is 4. The van der Waals surface area contributed by atoms with Crippen molar-refractivity contribution < 1.29 is 42.5 Å². The fraction of sp³-hybridized carbons (Fsp3) is 0.625. The van der Waals surface area contributed by atoms with Crippen LogP contribution in [0.25, 0.3) is 0 Å². The molecule has 0 aromatic rings. The monoisotopic (exact) mass is 260 g/mol. The van der Waals surface area contributed by atoms with Crippen molar-refractivity contribution in [1.82, 2.24) is 0 Å². The first-order chi connectivity index (χ1) is 7.57. The topological polar surface area (TPSA) is 101 Å². The van der Waals surface area contributed by atoms with E-state index in [-0.39, 0.29) is 6.42 Å². The summed E-state index contributed by atoms with van der Waals surface area (Å²) in [4.78, 5) is 29.7. The molecule has 6 nitrogen and oxygen atoms in total. The summed E-state index contributed by atoms with van der Waals surface area (Å²) in [5.41, 5.74) is 0. The molecule has 2 N–H and O–H groups in total. The normalized spacial score (nSPS) is 11.8. The minimum absolute atomic E-state index is 0.266. The van der Waals surface area contributed by atoms with Crippen LogP contribution in [0.15, 0.2) is 0 Å². The van der Waals surface area contributed by atoms with Crippen LogP contribution >= 0.6 is 0 Å². The van der Waals surface area contributed by atoms with Crippen LogP contribution in [0, 0.1) is 5.92 Å². The van der Waals surface area contributed by atoms with Gasteiger partial charge in [-0.2, -0.15) is 13.2 Å². The van der Waals surface area contributed by atoms with Crippen molar-refractivity contribution in [2.75, 3.05) is 7.11 Å². The van der Waals surface area contributed by atoms with Gasteiger partial charge in [-0.3, -0.25) is 9.59 Å². The Bertz CT molecular complexity index is 285. The number of carbonyl (C=O) groups excluding carboxylic acids is 1. The zero-order valence-electron chi connectivity index (χ0n) is 8.95. The highest BCUT2D eigenvalue weighted by Gasteiger charge is 2.38. The Morgan fingerprint density at radius 1 is 1.24 bits per heavy atom. The zero-order valence-corrected chi connectivity index (χ0v) is 8.95. The molecule has 0 fully saturated rings. The smallest absolute Gasteiger partial charge is 0.481 e. The van der Waals surface area contributed by atoms with E-state index in [9.17, 15) is 22.8 Å². The summed E-state index contributed by atoms with van der Waals surface area (Å²) >= 11 is 0. The molecule has 0 aromatic carbocycles. The average molecular weight is 260 g/mol. The van der Waals surface area contributed by atoms with Crippen LogP contribution in [0.4, 0.5) is 13.2 Å². The van der Waals surface area contributed by atoms with Crippen molar-refractivity contribution in [3.8, 4) is 0 Å². The SMILES string of the molecule is CCC(C(=O)O)C(=O)OC.O=C(O)C(F)(F)F. The third-order valence-electron chi connectivity index (χ3n) is 1.43. The first kappa shape index (κ1) is 17.6. The first-order valence-corrected chi connectivity index (χ1v) is 4.18. The number of aliphatic carboxylic acids is 2. The lowest BCUT2D eigenvalue weighted by Crippen LogP contribution is -2.23. The van der Waals surface area contributed by atoms with E-state index >= 15 is 0 Å². The van der Waals surface area contributed by atoms with E-state index in [0.717, 1.165) is 0 Å². The number of carboxylic acids is 2. The predicted molar refractivity (Wildman–Crippen MR) is 47.1 cm³/mol. The summed E-state index contributed by atoms with van der Waals surface area (Å²) in [6, 6.07) is 0. The van der Waals surface area contributed by atoms with Crippen LogP contribution in [0.3, 0.4) is 0 Å². The number of hydrogen-bond donors (Lipinski definition) is 2. The van der Waals surface area contributed by atoms with E-state index < -0.39 is 30.0 Å². The first-order valence-electron chi connectivity index (χ1n) is 4.18. The minimum atomic E-state index is -5.08. The molecule has 0 radical (unpaired) electrons. The lowest BCUT2D eigenvalue weighted by atomic mass is 10.1. The summed E-state index contributed by atoms with van der Waals surface area (Å²) in [7, 11) is 1.17. The van der Waals surface area contributed by atoms with Gasteiger partial charge in [0, 0.05) is 0 Å². The summed E-state index contributed by atoms with van der Waals surface area (Å²) in [6.07, 6.45) is -4.82. The highest BCUT2D eigenvalue weighted by Crippen LogP contribution is 2.13. The second kappa shape index (κ2) is 7.47. The summed E-state index contributed by atoms with van der Waals surface area (Å²) < 4.78 is 36.0. The van der Waals surface area contributed by atoms with Crippen LogP contribution in [-0.4, -0.2) is 41.4 Å². The average Bonchev–Trinajstić information content (AvgIpc) is 2.17. The van der Waals surface area contributed by atoms with Crippen LogP contribution < -0.4 is 0 Å². The number of esters is 1. The van der Waals surface area contributed by atoms with Gasteiger partial charge in [0.05, 0.1) is 7.11 Å². The number of halogens is 3. The fourth-order valence-electron chi connectivity index (χ4n) is 0.584. The van der Waals surface area contributed by atoms with E-state index in [1.165, 1.54) is 7.11 Å². The van der Waals surface area contributed by atoms with Crippen molar-refractivity contribution in [2.24, 2.45) is 5.92 Å². The van der Waals surface area contributed by atoms with Gasteiger partial charge in [0.1, 0.15) is 0 Å². The predicted octanol–water partition coefficient (Wildman–Crippen LogP) is 0.903. The number of carboxylic acid groups (broad SMARTS) is 2. The van der Waals surface area contributed by atoms with Gasteiger partial charge < -0.3 is 14.9 Å². The molecular formula is C8H11F3O6. The van der Waals surface area contributed by atoms with E-state index in [1.807, 2.05) is 0 Å². The minimum Gasteiger partial charge on any atom is -0.481 e. The third-order valence-corrected chi connectivity index (χ3v) is 1.43. The van der Waals surface area contributed by atoms with Crippen molar-refractivity contribution in [1.29, 1.82) is 0 Å². The van der Waals surface area contributed by atoms with Gasteiger partial charge in [-0.25, -0.2) is 4.79 Å². The molecule has 0 amide bonds. The molecule has 9 heteroatoms. The molecule has 0 saturated carbocycles. The number of carbonyl (C=O) groups is 3. The summed E-state index contributed by atoms with van der Waals surface area (Å²) in [6.45, 7) is 1.62. The molecule has 0 aromatic heterocycles. The highest BCUT2D eigenvalue weighted by molar-refractivity contribution is 5.93. The van der Waals surface area contributed by atoms with E-state index in [2.05, 4.69) is 4.74 Å². The number of methoxy groups -OCH3 is 1. The lowest BCUT2D eigenvalue weighted by molar-refractivity contribution is -0.192. The Hall–Kier alpha value is -1.80. The Morgan fingerprint density at radius 2 is 1.59 bits per heavy atom. The Balaban J connectivity index is 0. The molecule has 0 aliphatic carbocycles. The van der Waals surface area contributed by atoms with Crippen molar-refractivity contribution in [3.05, 3.63) is 0 Å². The molecule has 17 heavy (non-hydrogen) atoms. The van der Waals surface area contributed by atoms with E-state index in [4.69, 9.17) is 15.0 Å². The maximum Gasteiger partial charge on any atom is 0.490 e. The Kier molecular flexibility index (Phi) is 7.73. The highest BCUT2D eigenvalue weighted by atomic mass is 19.4. The van der Waals surface area contributed by atoms with Gasteiger partial charge >= 0.3 is 24.1 Å². The molecule has 0 aliphatic heterocycles. The van der Waals surface area contributed by atoms with E-state index in [1.54, 1.807) is 6.92 Å². The molecule has 100 valence electrons. The summed E-state index contributed by atoms with van der Waals surface area (Å²) in [5.74, 6) is -5.58. The van der Waals surface area contributed by atoms with Gasteiger partial charge in [-0.05, 0) is 6.42 Å². The van der Waals surface area contributed by atoms with E-state index in [0.29, 0.717) is 0 Å². The van der Waals surface area contributed by atoms with Crippen molar-refractivity contribution >= 4 is 17.9 Å². The summed E-state index contributed by atoms with van der Waals surface area (Å²) in [5, 5.41) is 15.5.